The van der Waals surface area contributed by atoms with Crippen molar-refractivity contribution in [1.82, 2.24) is 4.98 Å². The summed E-state index contributed by atoms with van der Waals surface area (Å²) in [6, 6.07) is -1.26. The number of alkyl halides is 2. The van der Waals surface area contributed by atoms with Gasteiger partial charge in [-0.3, -0.25) is 0 Å². The minimum atomic E-state index is -2.56. The molecule has 1 aromatic rings. The molecule has 0 bridgehead atoms. The Balaban J connectivity index is 2.74. The largest absolute Gasteiger partial charge is 0.473 e. The van der Waals surface area contributed by atoms with Crippen molar-refractivity contribution in [2.24, 2.45) is 5.73 Å². The van der Waals surface area contributed by atoms with Gasteiger partial charge in [-0.1, -0.05) is 11.3 Å². The molecule has 68 valence electrons. The van der Waals surface area contributed by atoms with E-state index in [4.69, 9.17) is 10.5 Å². The Morgan fingerprint density at radius 1 is 1.67 bits per heavy atom. The first-order valence-electron chi connectivity index (χ1n) is 3.18. The summed E-state index contributed by atoms with van der Waals surface area (Å²) < 4.78 is 28.8. The molecule has 0 amide bonds. The fraction of sp³-hybridized carbons (Fsp3) is 0.500. The van der Waals surface area contributed by atoms with Gasteiger partial charge in [0.15, 0.2) is 0 Å². The smallest absolute Gasteiger partial charge is 0.273 e. The summed E-state index contributed by atoms with van der Waals surface area (Å²) in [5, 5.41) is 0.348. The Bertz CT molecular complexity index is 253. The maximum absolute atomic E-state index is 12.0. The molecule has 1 rings (SSSR count). The number of halogens is 2. The fourth-order valence-corrected chi connectivity index (χ4v) is 1.38. The number of ether oxygens (including phenoxy) is 1. The van der Waals surface area contributed by atoms with Gasteiger partial charge in [0.05, 0.1) is 12.0 Å². The lowest BCUT2D eigenvalue weighted by Crippen LogP contribution is -2.17. The molecule has 1 aromatic heterocycles. The topological polar surface area (TPSA) is 48.1 Å². The number of thiazole rings is 1. The zero-order valence-corrected chi connectivity index (χ0v) is 7.15. The van der Waals surface area contributed by atoms with Crippen LogP contribution in [0.15, 0.2) is 6.20 Å². The second-order valence-corrected chi connectivity index (χ2v) is 3.12. The van der Waals surface area contributed by atoms with Crippen LogP contribution < -0.4 is 10.5 Å². The predicted molar refractivity (Wildman–Crippen MR) is 41.6 cm³/mol. The summed E-state index contributed by atoms with van der Waals surface area (Å²) in [6.45, 7) is 0. The third-order valence-corrected chi connectivity index (χ3v) is 2.34. The van der Waals surface area contributed by atoms with Gasteiger partial charge in [0, 0.05) is 6.20 Å². The number of nitrogens with two attached hydrogens (primary N) is 1. The number of hydrogen-bond donors (Lipinski definition) is 1. The summed E-state index contributed by atoms with van der Waals surface area (Å²) in [6.07, 6.45) is -1.25. The van der Waals surface area contributed by atoms with Gasteiger partial charge >= 0.3 is 0 Å². The normalized spacial score (nSPS) is 13.4. The van der Waals surface area contributed by atoms with Gasteiger partial charge in [-0.25, -0.2) is 13.8 Å². The van der Waals surface area contributed by atoms with E-state index >= 15 is 0 Å². The van der Waals surface area contributed by atoms with E-state index in [-0.39, 0.29) is 0 Å². The van der Waals surface area contributed by atoms with Crippen LogP contribution in [0.1, 0.15) is 10.9 Å². The Morgan fingerprint density at radius 3 is 2.75 bits per heavy atom. The molecule has 0 aliphatic heterocycles. The average Bonchev–Trinajstić information content (AvgIpc) is 2.50. The minimum Gasteiger partial charge on any atom is -0.473 e. The summed E-state index contributed by atoms with van der Waals surface area (Å²) >= 11 is 1.03. The van der Waals surface area contributed by atoms with Crippen LogP contribution >= 0.6 is 11.3 Å². The van der Waals surface area contributed by atoms with E-state index in [0.717, 1.165) is 11.3 Å². The maximum atomic E-state index is 12.0. The van der Waals surface area contributed by atoms with Crippen LogP contribution in [0.4, 0.5) is 8.78 Å². The van der Waals surface area contributed by atoms with Gasteiger partial charge in [0.2, 0.25) is 0 Å². The van der Waals surface area contributed by atoms with Crippen molar-refractivity contribution in [3.63, 3.8) is 0 Å². The monoisotopic (exact) mass is 194 g/mol. The van der Waals surface area contributed by atoms with Crippen LogP contribution in [0.2, 0.25) is 0 Å². The van der Waals surface area contributed by atoms with Crippen molar-refractivity contribution in [3.8, 4) is 5.19 Å². The minimum absolute atomic E-state index is 0.335. The molecule has 0 saturated heterocycles. The third kappa shape index (κ3) is 1.89. The molecule has 0 radical (unpaired) electrons. The molecule has 0 aliphatic rings. The molecule has 0 aliphatic carbocycles. The molecule has 12 heavy (non-hydrogen) atoms. The number of aromatic nitrogens is 1. The van der Waals surface area contributed by atoms with Crippen LogP contribution in [0.5, 0.6) is 5.19 Å². The first-order chi connectivity index (χ1) is 5.65. The van der Waals surface area contributed by atoms with Gasteiger partial charge in [0.1, 0.15) is 6.04 Å². The lowest BCUT2D eigenvalue weighted by Gasteiger charge is -2.05. The molecule has 0 aromatic carbocycles. The van der Waals surface area contributed by atoms with E-state index in [9.17, 15) is 8.78 Å². The van der Waals surface area contributed by atoms with Crippen molar-refractivity contribution in [1.29, 1.82) is 0 Å². The number of hydrogen-bond acceptors (Lipinski definition) is 4. The zero-order valence-electron chi connectivity index (χ0n) is 6.33. The van der Waals surface area contributed by atoms with Gasteiger partial charge in [-0.15, -0.1) is 0 Å². The molecule has 1 atom stereocenters. The number of nitrogens with zero attached hydrogens (tertiary/aromatic N) is 1. The Hall–Kier alpha value is -0.750. The molecule has 2 N–H and O–H groups in total. The highest BCUT2D eigenvalue weighted by Crippen LogP contribution is 2.27. The summed E-state index contributed by atoms with van der Waals surface area (Å²) in [5.74, 6) is 0. The molecule has 1 heterocycles. The van der Waals surface area contributed by atoms with E-state index < -0.39 is 12.5 Å². The van der Waals surface area contributed by atoms with E-state index in [1.54, 1.807) is 0 Å². The summed E-state index contributed by atoms with van der Waals surface area (Å²) in [4.78, 5) is 4.06. The highest BCUT2D eigenvalue weighted by atomic mass is 32.1. The highest BCUT2D eigenvalue weighted by Gasteiger charge is 2.20. The second kappa shape index (κ2) is 3.77. The van der Waals surface area contributed by atoms with Crippen LogP contribution in [-0.2, 0) is 0 Å². The molecule has 0 spiro atoms. The van der Waals surface area contributed by atoms with Crippen LogP contribution in [-0.4, -0.2) is 18.5 Å². The second-order valence-electron chi connectivity index (χ2n) is 2.09. The first kappa shape index (κ1) is 9.34. The van der Waals surface area contributed by atoms with E-state index in [1.165, 1.54) is 13.3 Å². The average molecular weight is 194 g/mol. The quantitative estimate of drug-likeness (QED) is 0.791. The third-order valence-electron chi connectivity index (χ3n) is 1.28. The van der Waals surface area contributed by atoms with E-state index in [2.05, 4.69) is 4.98 Å². The van der Waals surface area contributed by atoms with Crippen LogP contribution in [0, 0.1) is 0 Å². The van der Waals surface area contributed by atoms with Crippen molar-refractivity contribution >= 4 is 11.3 Å². The van der Waals surface area contributed by atoms with Crippen molar-refractivity contribution in [2.75, 3.05) is 7.11 Å². The molecule has 6 heteroatoms. The molecule has 0 fully saturated rings. The number of methoxy groups -OCH3 is 1. The fourth-order valence-electron chi connectivity index (χ4n) is 0.642. The van der Waals surface area contributed by atoms with Gasteiger partial charge < -0.3 is 10.5 Å². The SMILES string of the molecule is COc1ncc(C(N)C(F)F)s1. The Labute approximate surface area is 72.2 Å². The summed E-state index contributed by atoms with van der Waals surface area (Å²) in [7, 11) is 1.43. The van der Waals surface area contributed by atoms with Crippen molar-refractivity contribution in [2.45, 2.75) is 12.5 Å². The van der Waals surface area contributed by atoms with Crippen LogP contribution in [0.25, 0.3) is 0 Å². The lowest BCUT2D eigenvalue weighted by molar-refractivity contribution is 0.117. The lowest BCUT2D eigenvalue weighted by atomic mass is 10.3. The van der Waals surface area contributed by atoms with E-state index in [0.29, 0.717) is 10.1 Å². The first-order valence-corrected chi connectivity index (χ1v) is 4.00. The van der Waals surface area contributed by atoms with Gasteiger partial charge in [0.25, 0.3) is 11.6 Å². The van der Waals surface area contributed by atoms with Crippen molar-refractivity contribution < 1.29 is 13.5 Å². The molecular weight excluding hydrogens is 186 g/mol. The summed E-state index contributed by atoms with van der Waals surface area (Å²) in [5.41, 5.74) is 5.17. The standard InChI is InChI=1S/C6H8F2N2OS/c1-11-6-10-2-3(12-6)4(9)5(7)8/h2,4-5H,9H2,1H3. The molecule has 1 unspecified atom stereocenters. The molecular formula is C6H8F2N2OS. The molecule has 3 nitrogen and oxygen atoms in total. The highest BCUT2D eigenvalue weighted by molar-refractivity contribution is 7.13. The van der Waals surface area contributed by atoms with Crippen LogP contribution in [0.3, 0.4) is 0 Å². The van der Waals surface area contributed by atoms with Gasteiger partial charge in [-0.2, -0.15) is 0 Å². The predicted octanol–water partition coefficient (Wildman–Crippen LogP) is 1.42. The molecule has 0 saturated carbocycles. The van der Waals surface area contributed by atoms with Crippen molar-refractivity contribution in [3.05, 3.63) is 11.1 Å². The Kier molecular flexibility index (Phi) is 2.93. The zero-order chi connectivity index (χ0) is 9.14. The maximum Gasteiger partial charge on any atom is 0.273 e. The van der Waals surface area contributed by atoms with Gasteiger partial charge in [-0.05, 0) is 0 Å². The van der Waals surface area contributed by atoms with E-state index in [1.807, 2.05) is 0 Å². The number of rotatable bonds is 3. The Morgan fingerprint density at radius 2 is 2.33 bits per heavy atom.